The van der Waals surface area contributed by atoms with Crippen LogP contribution in [0.25, 0.3) is 0 Å². The zero-order chi connectivity index (χ0) is 11.5. The summed E-state index contributed by atoms with van der Waals surface area (Å²) in [5.74, 6) is 0.649. The van der Waals surface area contributed by atoms with E-state index in [0.717, 1.165) is 3.57 Å². The van der Waals surface area contributed by atoms with Crippen LogP contribution in [0.5, 0.6) is 11.6 Å². The maximum absolute atomic E-state index is 13.3. The van der Waals surface area contributed by atoms with E-state index in [1.807, 2.05) is 6.07 Å². The Kier molecular flexibility index (Phi) is 3.38. The van der Waals surface area contributed by atoms with Crippen LogP contribution >= 0.6 is 22.6 Å². The number of pyridine rings is 1. The number of hydrogen-bond acceptors (Lipinski definition) is 2. The van der Waals surface area contributed by atoms with Crippen molar-refractivity contribution in [3.63, 3.8) is 0 Å². The van der Waals surface area contributed by atoms with E-state index in [9.17, 15) is 4.39 Å². The lowest BCUT2D eigenvalue weighted by Crippen LogP contribution is -1.90. The molecule has 0 fully saturated rings. The minimum Gasteiger partial charge on any atom is -0.439 e. The van der Waals surface area contributed by atoms with E-state index in [4.69, 9.17) is 4.74 Å². The topological polar surface area (TPSA) is 22.1 Å². The van der Waals surface area contributed by atoms with Gasteiger partial charge in [-0.1, -0.05) is 6.07 Å². The molecule has 0 radical (unpaired) electrons. The molecule has 2 aromatic rings. The molecule has 1 aromatic heterocycles. The predicted molar refractivity (Wildman–Crippen MR) is 68.2 cm³/mol. The fraction of sp³-hybridized carbons (Fsp3) is 0.0833. The van der Waals surface area contributed by atoms with Crippen LogP contribution in [0.2, 0.25) is 0 Å². The second-order valence-corrected chi connectivity index (χ2v) is 4.57. The number of halogens is 2. The third-order valence-electron chi connectivity index (χ3n) is 2.06. The monoisotopic (exact) mass is 329 g/mol. The van der Waals surface area contributed by atoms with Gasteiger partial charge in [-0.3, -0.25) is 0 Å². The third kappa shape index (κ3) is 2.69. The van der Waals surface area contributed by atoms with E-state index < -0.39 is 0 Å². The highest BCUT2D eigenvalue weighted by molar-refractivity contribution is 14.1. The Hall–Kier alpha value is -1.17. The first-order valence-corrected chi connectivity index (χ1v) is 5.78. The van der Waals surface area contributed by atoms with Gasteiger partial charge >= 0.3 is 0 Å². The van der Waals surface area contributed by atoms with Gasteiger partial charge in [0.15, 0.2) is 0 Å². The summed E-state index contributed by atoms with van der Waals surface area (Å²) >= 11 is 2.17. The first kappa shape index (κ1) is 11.3. The van der Waals surface area contributed by atoms with Crippen molar-refractivity contribution in [2.45, 2.75) is 6.92 Å². The van der Waals surface area contributed by atoms with Crippen LogP contribution in [0.3, 0.4) is 0 Å². The minimum absolute atomic E-state index is 0.275. The minimum atomic E-state index is -0.275. The summed E-state index contributed by atoms with van der Waals surface area (Å²) in [6.45, 7) is 1.71. The molecule has 0 aliphatic rings. The molecular formula is C12H9FINO. The zero-order valence-corrected chi connectivity index (χ0v) is 10.7. The van der Waals surface area contributed by atoms with Crippen LogP contribution in [0.4, 0.5) is 4.39 Å². The number of aromatic nitrogens is 1. The van der Waals surface area contributed by atoms with Gasteiger partial charge in [0.1, 0.15) is 11.6 Å². The summed E-state index contributed by atoms with van der Waals surface area (Å²) in [5, 5.41) is 0. The average molecular weight is 329 g/mol. The second kappa shape index (κ2) is 4.78. The highest BCUT2D eigenvalue weighted by Gasteiger charge is 2.02. The Morgan fingerprint density at radius 3 is 2.75 bits per heavy atom. The van der Waals surface area contributed by atoms with Gasteiger partial charge in [0.2, 0.25) is 5.88 Å². The van der Waals surface area contributed by atoms with Gasteiger partial charge in [-0.15, -0.1) is 0 Å². The molecule has 16 heavy (non-hydrogen) atoms. The lowest BCUT2D eigenvalue weighted by molar-refractivity contribution is 0.457. The van der Waals surface area contributed by atoms with Gasteiger partial charge < -0.3 is 4.74 Å². The fourth-order valence-electron chi connectivity index (χ4n) is 1.20. The van der Waals surface area contributed by atoms with Crippen LogP contribution in [-0.2, 0) is 0 Å². The van der Waals surface area contributed by atoms with Crippen molar-refractivity contribution >= 4 is 22.6 Å². The average Bonchev–Trinajstić information content (AvgIpc) is 2.24. The third-order valence-corrected chi connectivity index (χ3v) is 2.73. The first-order chi connectivity index (χ1) is 7.65. The number of hydrogen-bond donors (Lipinski definition) is 0. The lowest BCUT2D eigenvalue weighted by atomic mass is 10.2. The molecule has 0 atom stereocenters. The number of nitrogens with zero attached hydrogens (tertiary/aromatic N) is 1. The van der Waals surface area contributed by atoms with Gasteiger partial charge in [0.25, 0.3) is 0 Å². The smallest absolute Gasteiger partial charge is 0.220 e. The van der Waals surface area contributed by atoms with Gasteiger partial charge in [0, 0.05) is 21.9 Å². The van der Waals surface area contributed by atoms with Crippen LogP contribution in [0, 0.1) is 16.3 Å². The van der Waals surface area contributed by atoms with Gasteiger partial charge in [-0.25, -0.2) is 9.37 Å². The molecule has 0 unspecified atom stereocenters. The Balaban J connectivity index is 2.24. The molecule has 0 aliphatic heterocycles. The molecule has 2 nitrogen and oxygen atoms in total. The largest absolute Gasteiger partial charge is 0.439 e. The number of ether oxygens (including phenoxy) is 1. The summed E-state index contributed by atoms with van der Waals surface area (Å²) in [4.78, 5) is 4.04. The quantitative estimate of drug-likeness (QED) is 0.779. The van der Waals surface area contributed by atoms with Crippen molar-refractivity contribution in [1.82, 2.24) is 4.98 Å². The van der Waals surface area contributed by atoms with E-state index in [2.05, 4.69) is 27.6 Å². The summed E-state index contributed by atoms with van der Waals surface area (Å²) in [6, 6.07) is 8.41. The Bertz CT molecular complexity index is 516. The summed E-state index contributed by atoms with van der Waals surface area (Å²) in [5.41, 5.74) is 0.600. The standard InChI is InChI=1S/C12H9FINO/c1-8-2-3-10(7-11(8)13)16-12-6-9(14)4-5-15-12/h2-7H,1H3. The lowest BCUT2D eigenvalue weighted by Gasteiger charge is -2.05. The van der Waals surface area contributed by atoms with Crippen LogP contribution in [0.1, 0.15) is 5.56 Å². The van der Waals surface area contributed by atoms with Gasteiger partial charge in [0.05, 0.1) is 0 Å². The molecule has 1 aromatic carbocycles. The summed E-state index contributed by atoms with van der Waals surface area (Å²) in [7, 11) is 0. The molecule has 4 heteroatoms. The SMILES string of the molecule is Cc1ccc(Oc2cc(I)ccn2)cc1F. The van der Waals surface area contributed by atoms with E-state index in [-0.39, 0.29) is 5.82 Å². The van der Waals surface area contributed by atoms with Gasteiger partial charge in [-0.05, 0) is 47.2 Å². The van der Waals surface area contributed by atoms with E-state index >= 15 is 0 Å². The Morgan fingerprint density at radius 1 is 1.25 bits per heavy atom. The predicted octanol–water partition coefficient (Wildman–Crippen LogP) is 3.93. The Labute approximate surface area is 107 Å². The van der Waals surface area contributed by atoms with Crippen molar-refractivity contribution in [2.24, 2.45) is 0 Å². The molecule has 0 saturated carbocycles. The van der Waals surface area contributed by atoms with Crippen LogP contribution < -0.4 is 4.74 Å². The second-order valence-electron chi connectivity index (χ2n) is 3.33. The molecule has 0 spiro atoms. The molecule has 0 bridgehead atoms. The highest BCUT2D eigenvalue weighted by Crippen LogP contribution is 2.22. The molecule has 0 saturated heterocycles. The van der Waals surface area contributed by atoms with Gasteiger partial charge in [-0.2, -0.15) is 0 Å². The highest BCUT2D eigenvalue weighted by atomic mass is 127. The maximum Gasteiger partial charge on any atom is 0.220 e. The summed E-state index contributed by atoms with van der Waals surface area (Å²) in [6.07, 6.45) is 1.65. The van der Waals surface area contributed by atoms with Crippen molar-refractivity contribution in [1.29, 1.82) is 0 Å². The van der Waals surface area contributed by atoms with Crippen LogP contribution in [-0.4, -0.2) is 4.98 Å². The maximum atomic E-state index is 13.3. The van der Waals surface area contributed by atoms with E-state index in [1.54, 1.807) is 31.3 Å². The first-order valence-electron chi connectivity index (χ1n) is 4.71. The molecule has 1 heterocycles. The number of aryl methyl sites for hydroxylation is 1. The normalized spacial score (nSPS) is 10.2. The van der Waals surface area contributed by atoms with E-state index in [0.29, 0.717) is 17.2 Å². The molecule has 2 rings (SSSR count). The molecule has 0 aliphatic carbocycles. The van der Waals surface area contributed by atoms with Crippen LogP contribution in [0.15, 0.2) is 36.5 Å². The molecular weight excluding hydrogens is 320 g/mol. The number of rotatable bonds is 2. The molecule has 0 N–H and O–H groups in total. The fourth-order valence-corrected chi connectivity index (χ4v) is 1.63. The van der Waals surface area contributed by atoms with E-state index in [1.165, 1.54) is 6.07 Å². The van der Waals surface area contributed by atoms with Crippen molar-refractivity contribution in [3.05, 3.63) is 51.5 Å². The zero-order valence-electron chi connectivity index (χ0n) is 8.58. The van der Waals surface area contributed by atoms with Crippen molar-refractivity contribution < 1.29 is 9.13 Å². The summed E-state index contributed by atoms with van der Waals surface area (Å²) < 4.78 is 19.7. The Morgan fingerprint density at radius 2 is 2.06 bits per heavy atom. The van der Waals surface area contributed by atoms with Crippen molar-refractivity contribution in [2.75, 3.05) is 0 Å². The molecule has 82 valence electrons. The van der Waals surface area contributed by atoms with Crippen molar-refractivity contribution in [3.8, 4) is 11.6 Å². The number of benzene rings is 1. The molecule has 0 amide bonds.